The summed E-state index contributed by atoms with van der Waals surface area (Å²) in [6.45, 7) is 1.93. The topological polar surface area (TPSA) is 59.4 Å². The summed E-state index contributed by atoms with van der Waals surface area (Å²) in [6.07, 6.45) is 5.33. The van der Waals surface area contributed by atoms with Crippen LogP contribution in [0.4, 0.5) is 8.78 Å². The average Bonchev–Trinajstić information content (AvgIpc) is 3.07. The van der Waals surface area contributed by atoms with Gasteiger partial charge in [-0.1, -0.05) is 6.42 Å². The van der Waals surface area contributed by atoms with Gasteiger partial charge in [0.2, 0.25) is 0 Å². The van der Waals surface area contributed by atoms with Gasteiger partial charge in [0, 0.05) is 31.1 Å². The van der Waals surface area contributed by atoms with Crippen LogP contribution in [-0.2, 0) is 6.54 Å². The standard InChI is InChI=1S/C23H26F2N4O2/c1-28(2)9-8-26-23(30)18-12-20-16(13-27-29(20)14-15-4-3-5-15)10-22(18)31-21-7-6-17(24)11-19(21)25/h6-7,10-13,15H,3-5,8-9,14H2,1-2H3,(H,26,30). The zero-order valence-corrected chi connectivity index (χ0v) is 17.7. The van der Waals surface area contributed by atoms with E-state index in [2.05, 4.69) is 10.4 Å². The minimum atomic E-state index is -0.834. The first-order chi connectivity index (χ1) is 14.9. The molecule has 1 saturated carbocycles. The van der Waals surface area contributed by atoms with Crippen molar-refractivity contribution in [2.75, 3.05) is 27.2 Å². The van der Waals surface area contributed by atoms with Gasteiger partial charge in [-0.2, -0.15) is 5.10 Å². The van der Waals surface area contributed by atoms with Crippen molar-refractivity contribution in [3.63, 3.8) is 0 Å². The van der Waals surface area contributed by atoms with Crippen LogP contribution in [0.15, 0.2) is 36.5 Å². The van der Waals surface area contributed by atoms with Gasteiger partial charge < -0.3 is 15.0 Å². The highest BCUT2D eigenvalue weighted by Gasteiger charge is 2.22. The van der Waals surface area contributed by atoms with Gasteiger partial charge in [-0.15, -0.1) is 0 Å². The summed E-state index contributed by atoms with van der Waals surface area (Å²) < 4.78 is 35.1. The first kappa shape index (κ1) is 21.2. The number of hydrogen-bond acceptors (Lipinski definition) is 4. The first-order valence-electron chi connectivity index (χ1n) is 10.5. The molecule has 6 nitrogen and oxygen atoms in total. The van der Waals surface area contributed by atoms with Crippen LogP contribution in [0.1, 0.15) is 29.6 Å². The van der Waals surface area contributed by atoms with Crippen LogP contribution in [-0.4, -0.2) is 47.8 Å². The molecule has 1 heterocycles. The fraction of sp³-hybridized carbons (Fsp3) is 0.391. The summed E-state index contributed by atoms with van der Waals surface area (Å²) >= 11 is 0. The summed E-state index contributed by atoms with van der Waals surface area (Å²) in [5, 5.41) is 8.15. The van der Waals surface area contributed by atoms with Crippen molar-refractivity contribution in [2.24, 2.45) is 5.92 Å². The number of ether oxygens (including phenoxy) is 1. The highest BCUT2D eigenvalue weighted by atomic mass is 19.1. The van der Waals surface area contributed by atoms with E-state index in [1.807, 2.05) is 23.7 Å². The Labute approximate surface area is 179 Å². The lowest BCUT2D eigenvalue weighted by Crippen LogP contribution is -2.31. The number of nitrogens with one attached hydrogen (secondary N) is 1. The van der Waals surface area contributed by atoms with Crippen LogP contribution in [0, 0.1) is 17.6 Å². The molecule has 1 fully saturated rings. The molecule has 0 saturated heterocycles. The van der Waals surface area contributed by atoms with Gasteiger partial charge in [-0.25, -0.2) is 8.78 Å². The monoisotopic (exact) mass is 428 g/mol. The molecule has 0 radical (unpaired) electrons. The summed E-state index contributed by atoms with van der Waals surface area (Å²) in [6, 6.07) is 6.50. The number of benzene rings is 2. The molecular weight excluding hydrogens is 402 g/mol. The maximum atomic E-state index is 14.2. The maximum Gasteiger partial charge on any atom is 0.255 e. The predicted octanol–water partition coefficient (Wildman–Crippen LogP) is 4.20. The van der Waals surface area contributed by atoms with Gasteiger partial charge in [0.25, 0.3) is 5.91 Å². The lowest BCUT2D eigenvalue weighted by atomic mass is 9.85. The van der Waals surface area contributed by atoms with Gasteiger partial charge in [0.15, 0.2) is 11.6 Å². The largest absolute Gasteiger partial charge is 0.453 e. The van der Waals surface area contributed by atoms with E-state index in [9.17, 15) is 13.6 Å². The highest BCUT2D eigenvalue weighted by molar-refractivity contribution is 6.01. The van der Waals surface area contributed by atoms with E-state index < -0.39 is 11.6 Å². The molecule has 1 N–H and O–H groups in total. The Kier molecular flexibility index (Phi) is 6.18. The second-order valence-corrected chi connectivity index (χ2v) is 8.27. The van der Waals surface area contributed by atoms with Gasteiger partial charge >= 0.3 is 0 Å². The van der Waals surface area contributed by atoms with Gasteiger partial charge in [-0.3, -0.25) is 9.48 Å². The Bertz CT molecular complexity index is 1090. The van der Waals surface area contributed by atoms with E-state index >= 15 is 0 Å². The van der Waals surface area contributed by atoms with E-state index in [1.54, 1.807) is 18.3 Å². The molecule has 164 valence electrons. The minimum absolute atomic E-state index is 0.148. The number of rotatable bonds is 8. The van der Waals surface area contributed by atoms with E-state index in [4.69, 9.17) is 4.74 Å². The molecule has 0 aliphatic heterocycles. The molecule has 3 aromatic rings. The Hall–Kier alpha value is -3.00. The molecule has 8 heteroatoms. The molecular formula is C23H26F2N4O2. The van der Waals surface area contributed by atoms with Crippen molar-refractivity contribution in [3.8, 4) is 11.5 Å². The van der Waals surface area contributed by atoms with Crippen LogP contribution in [0.2, 0.25) is 0 Å². The average molecular weight is 428 g/mol. The zero-order valence-electron chi connectivity index (χ0n) is 17.7. The fourth-order valence-corrected chi connectivity index (χ4v) is 3.60. The molecule has 2 aromatic carbocycles. The summed E-state index contributed by atoms with van der Waals surface area (Å²) in [4.78, 5) is 14.9. The molecule has 0 unspecified atom stereocenters. The van der Waals surface area contributed by atoms with Gasteiger partial charge in [0.1, 0.15) is 11.6 Å². The lowest BCUT2D eigenvalue weighted by molar-refractivity contribution is 0.0948. The van der Waals surface area contributed by atoms with Crippen molar-refractivity contribution in [1.82, 2.24) is 20.0 Å². The molecule has 1 aliphatic rings. The number of likely N-dealkylation sites (N-methyl/N-ethyl adjacent to an activating group) is 1. The van der Waals surface area contributed by atoms with Crippen molar-refractivity contribution in [2.45, 2.75) is 25.8 Å². The fourth-order valence-electron chi connectivity index (χ4n) is 3.60. The van der Waals surface area contributed by atoms with E-state index in [0.29, 0.717) is 19.0 Å². The lowest BCUT2D eigenvalue weighted by Gasteiger charge is -2.25. The van der Waals surface area contributed by atoms with Gasteiger partial charge in [0.05, 0.1) is 17.3 Å². The smallest absolute Gasteiger partial charge is 0.255 e. The molecule has 31 heavy (non-hydrogen) atoms. The second-order valence-electron chi connectivity index (χ2n) is 8.27. The minimum Gasteiger partial charge on any atom is -0.453 e. The molecule has 1 aliphatic carbocycles. The maximum absolute atomic E-state index is 14.2. The first-order valence-corrected chi connectivity index (χ1v) is 10.5. The Morgan fingerprint density at radius 1 is 1.23 bits per heavy atom. The van der Waals surface area contributed by atoms with E-state index in [0.717, 1.165) is 29.6 Å². The van der Waals surface area contributed by atoms with Crippen LogP contribution in [0.5, 0.6) is 11.5 Å². The molecule has 1 amide bonds. The Morgan fingerprint density at radius 2 is 2.03 bits per heavy atom. The van der Waals surface area contributed by atoms with Crippen molar-refractivity contribution < 1.29 is 18.3 Å². The van der Waals surface area contributed by atoms with Crippen molar-refractivity contribution in [3.05, 3.63) is 53.7 Å². The number of nitrogens with zero attached hydrogens (tertiary/aromatic N) is 3. The van der Waals surface area contributed by atoms with Crippen LogP contribution >= 0.6 is 0 Å². The zero-order chi connectivity index (χ0) is 22.0. The quantitative estimate of drug-likeness (QED) is 0.584. The number of hydrogen-bond donors (Lipinski definition) is 1. The number of carbonyl (C=O) groups excluding carboxylic acids is 1. The Morgan fingerprint density at radius 3 is 2.71 bits per heavy atom. The molecule has 0 atom stereocenters. The molecule has 0 bridgehead atoms. The third kappa shape index (κ3) is 4.85. The number of aromatic nitrogens is 2. The van der Waals surface area contributed by atoms with E-state index in [1.165, 1.54) is 25.3 Å². The summed E-state index contributed by atoms with van der Waals surface area (Å²) in [5.74, 6) is -1.20. The van der Waals surface area contributed by atoms with Crippen LogP contribution in [0.3, 0.4) is 0 Å². The number of amides is 1. The molecule has 4 rings (SSSR count). The second kappa shape index (κ2) is 9.01. The summed E-state index contributed by atoms with van der Waals surface area (Å²) in [5.41, 5.74) is 1.11. The number of halogens is 2. The van der Waals surface area contributed by atoms with Crippen LogP contribution < -0.4 is 10.1 Å². The normalized spacial score (nSPS) is 14.1. The SMILES string of the molecule is CN(C)CCNC(=O)c1cc2c(cnn2CC2CCC2)cc1Oc1ccc(F)cc1F. The third-order valence-electron chi connectivity index (χ3n) is 5.60. The van der Waals surface area contributed by atoms with Crippen molar-refractivity contribution in [1.29, 1.82) is 0 Å². The van der Waals surface area contributed by atoms with E-state index in [-0.39, 0.29) is 23.0 Å². The third-order valence-corrected chi connectivity index (χ3v) is 5.60. The Balaban J connectivity index is 1.68. The highest BCUT2D eigenvalue weighted by Crippen LogP contribution is 2.33. The predicted molar refractivity (Wildman–Crippen MR) is 114 cm³/mol. The van der Waals surface area contributed by atoms with Crippen LogP contribution in [0.25, 0.3) is 10.9 Å². The summed E-state index contributed by atoms with van der Waals surface area (Å²) in [7, 11) is 3.84. The van der Waals surface area contributed by atoms with Gasteiger partial charge in [-0.05, 0) is 57.1 Å². The van der Waals surface area contributed by atoms with Crippen molar-refractivity contribution >= 4 is 16.8 Å². The molecule has 0 spiro atoms. The molecule has 1 aromatic heterocycles. The number of fused-ring (bicyclic) bond motifs is 1. The number of carbonyl (C=O) groups is 1.